The summed E-state index contributed by atoms with van der Waals surface area (Å²) in [6.45, 7) is 4.92. The highest BCUT2D eigenvalue weighted by molar-refractivity contribution is 5.93. The summed E-state index contributed by atoms with van der Waals surface area (Å²) in [5.41, 5.74) is 1.56. The number of carbonyl (C=O) groups is 2. The lowest BCUT2D eigenvalue weighted by molar-refractivity contribution is -0.137. The highest BCUT2D eigenvalue weighted by atomic mass is 16.4. The number of carbonyl (C=O) groups excluding carboxylic acids is 1. The van der Waals surface area contributed by atoms with Gasteiger partial charge in [-0.15, -0.1) is 0 Å². The van der Waals surface area contributed by atoms with E-state index in [1.807, 2.05) is 30.3 Å². The van der Waals surface area contributed by atoms with Crippen molar-refractivity contribution < 1.29 is 14.7 Å². The lowest BCUT2D eigenvalue weighted by Gasteiger charge is -2.18. The molecule has 25 heavy (non-hydrogen) atoms. The molecule has 134 valence electrons. The van der Waals surface area contributed by atoms with Gasteiger partial charge in [-0.25, -0.2) is 0 Å². The quantitative estimate of drug-likeness (QED) is 0.733. The van der Waals surface area contributed by atoms with Crippen molar-refractivity contribution >= 4 is 11.9 Å². The molecule has 2 N–H and O–H groups in total. The average molecular weight is 343 g/mol. The molecule has 0 fully saturated rings. The van der Waals surface area contributed by atoms with Crippen molar-refractivity contribution in [3.63, 3.8) is 0 Å². The van der Waals surface area contributed by atoms with Crippen LogP contribution in [-0.4, -0.2) is 32.8 Å². The number of carboxylic acids is 1. The number of carboxylic acid groups (broad SMARTS) is 1. The molecule has 0 aliphatic carbocycles. The van der Waals surface area contributed by atoms with Crippen molar-refractivity contribution in [2.45, 2.75) is 45.7 Å². The molecule has 0 radical (unpaired) electrons. The summed E-state index contributed by atoms with van der Waals surface area (Å²) < 4.78 is 1.75. The summed E-state index contributed by atoms with van der Waals surface area (Å²) in [4.78, 5) is 23.4. The molecule has 0 bridgehead atoms. The van der Waals surface area contributed by atoms with Crippen molar-refractivity contribution in [2.75, 3.05) is 0 Å². The third-order valence-electron chi connectivity index (χ3n) is 3.81. The van der Waals surface area contributed by atoms with Crippen molar-refractivity contribution in [3.8, 4) is 0 Å². The Morgan fingerprint density at radius 2 is 1.96 bits per heavy atom. The van der Waals surface area contributed by atoms with E-state index in [2.05, 4.69) is 24.3 Å². The van der Waals surface area contributed by atoms with E-state index in [1.54, 1.807) is 17.1 Å². The third-order valence-corrected chi connectivity index (χ3v) is 3.81. The van der Waals surface area contributed by atoms with Gasteiger partial charge in [0.2, 0.25) is 0 Å². The summed E-state index contributed by atoms with van der Waals surface area (Å²) in [5.74, 6) is -0.643. The van der Waals surface area contributed by atoms with Gasteiger partial charge in [0.15, 0.2) is 0 Å². The van der Waals surface area contributed by atoms with E-state index >= 15 is 0 Å². The summed E-state index contributed by atoms with van der Waals surface area (Å²) in [5, 5.41) is 16.1. The van der Waals surface area contributed by atoms with Crippen LogP contribution in [-0.2, 0) is 17.8 Å². The number of amides is 1. The summed E-state index contributed by atoms with van der Waals surface area (Å²) in [6, 6.07) is 9.50. The topological polar surface area (TPSA) is 84.2 Å². The zero-order chi connectivity index (χ0) is 18.2. The predicted octanol–water partition coefficient (Wildman–Crippen LogP) is 2.75. The molecular formula is C19H25N3O3. The second-order valence-electron chi connectivity index (χ2n) is 6.64. The van der Waals surface area contributed by atoms with Crippen molar-refractivity contribution in [1.29, 1.82) is 0 Å². The maximum atomic E-state index is 12.5. The minimum Gasteiger partial charge on any atom is -0.481 e. The molecule has 1 amide bonds. The number of hydrogen-bond acceptors (Lipinski definition) is 3. The molecule has 1 unspecified atom stereocenters. The predicted molar refractivity (Wildman–Crippen MR) is 95.3 cm³/mol. The van der Waals surface area contributed by atoms with Crippen molar-refractivity contribution in [2.24, 2.45) is 5.92 Å². The lowest BCUT2D eigenvalue weighted by Crippen LogP contribution is -2.36. The maximum Gasteiger partial charge on any atom is 0.303 e. The van der Waals surface area contributed by atoms with Crippen LogP contribution < -0.4 is 5.32 Å². The molecule has 1 heterocycles. The minimum atomic E-state index is -0.864. The van der Waals surface area contributed by atoms with Gasteiger partial charge in [0.05, 0.1) is 11.8 Å². The van der Waals surface area contributed by atoms with Crippen molar-refractivity contribution in [3.05, 3.63) is 53.9 Å². The average Bonchev–Trinajstić information content (AvgIpc) is 3.01. The monoisotopic (exact) mass is 343 g/mol. The van der Waals surface area contributed by atoms with E-state index in [9.17, 15) is 9.59 Å². The van der Waals surface area contributed by atoms with Gasteiger partial charge >= 0.3 is 5.97 Å². The molecular weight excluding hydrogens is 318 g/mol. The minimum absolute atomic E-state index is 0.0182. The first-order valence-electron chi connectivity index (χ1n) is 8.53. The molecule has 1 atom stereocenters. The second-order valence-corrected chi connectivity index (χ2v) is 6.64. The smallest absolute Gasteiger partial charge is 0.303 e. The molecule has 0 aliphatic rings. The zero-order valence-electron chi connectivity index (χ0n) is 14.7. The fraction of sp³-hybridized carbons (Fsp3) is 0.421. The van der Waals surface area contributed by atoms with Gasteiger partial charge in [-0.3, -0.25) is 14.3 Å². The maximum absolute atomic E-state index is 12.5. The number of nitrogens with zero attached hydrogens (tertiary/aromatic N) is 2. The molecule has 0 spiro atoms. The van der Waals surface area contributed by atoms with Gasteiger partial charge < -0.3 is 10.4 Å². The normalized spacial score (nSPS) is 12.1. The molecule has 6 heteroatoms. The Bertz CT molecular complexity index is 695. The Hall–Kier alpha value is -2.63. The van der Waals surface area contributed by atoms with Gasteiger partial charge in [-0.05, 0) is 24.3 Å². The number of hydrogen-bond donors (Lipinski definition) is 2. The summed E-state index contributed by atoms with van der Waals surface area (Å²) in [6.07, 6.45) is 4.28. The van der Waals surface area contributed by atoms with Crippen LogP contribution in [0.4, 0.5) is 0 Å². The Morgan fingerprint density at radius 3 is 2.60 bits per heavy atom. The van der Waals surface area contributed by atoms with Crippen molar-refractivity contribution in [1.82, 2.24) is 15.1 Å². The van der Waals surface area contributed by atoms with E-state index in [4.69, 9.17) is 5.11 Å². The zero-order valence-corrected chi connectivity index (χ0v) is 14.7. The largest absolute Gasteiger partial charge is 0.481 e. The van der Waals surface area contributed by atoms with E-state index in [0.717, 1.165) is 12.1 Å². The Balaban J connectivity index is 2.02. The number of rotatable bonds is 9. The first-order chi connectivity index (χ1) is 11.9. The molecule has 1 aromatic carbocycles. The lowest BCUT2D eigenvalue weighted by atomic mass is 10.0. The van der Waals surface area contributed by atoms with Crippen LogP contribution in [0.2, 0.25) is 0 Å². The summed E-state index contributed by atoms with van der Waals surface area (Å²) in [7, 11) is 0. The molecule has 0 aliphatic heterocycles. The second kappa shape index (κ2) is 9.01. The fourth-order valence-electron chi connectivity index (χ4n) is 2.65. The van der Waals surface area contributed by atoms with Crippen LogP contribution in [0, 0.1) is 5.92 Å². The van der Waals surface area contributed by atoms with E-state index in [-0.39, 0.29) is 18.4 Å². The fourth-order valence-corrected chi connectivity index (χ4v) is 2.65. The van der Waals surface area contributed by atoms with Crippen LogP contribution in [0.5, 0.6) is 0 Å². The highest BCUT2D eigenvalue weighted by Gasteiger charge is 2.17. The van der Waals surface area contributed by atoms with Crippen LogP contribution in [0.25, 0.3) is 0 Å². The first kappa shape index (κ1) is 18.7. The highest BCUT2D eigenvalue weighted by Crippen LogP contribution is 2.10. The van der Waals surface area contributed by atoms with E-state index < -0.39 is 5.97 Å². The van der Waals surface area contributed by atoms with Gasteiger partial charge in [0, 0.05) is 25.2 Å². The Kier molecular flexibility index (Phi) is 6.74. The molecule has 2 aromatic rings. The molecule has 0 saturated carbocycles. The van der Waals surface area contributed by atoms with Crippen LogP contribution in [0.3, 0.4) is 0 Å². The third kappa shape index (κ3) is 6.41. The Morgan fingerprint density at radius 1 is 1.24 bits per heavy atom. The van der Waals surface area contributed by atoms with Gasteiger partial charge in [-0.2, -0.15) is 5.10 Å². The molecule has 1 aromatic heterocycles. The molecule has 6 nitrogen and oxygen atoms in total. The van der Waals surface area contributed by atoms with Crippen LogP contribution in [0.1, 0.15) is 42.6 Å². The van der Waals surface area contributed by atoms with E-state index in [0.29, 0.717) is 24.3 Å². The SMILES string of the molecule is CC(C)Cn1cc(C(=O)NC(CCC(=O)O)Cc2ccccc2)cn1. The van der Waals surface area contributed by atoms with Gasteiger partial charge in [0.25, 0.3) is 5.91 Å². The van der Waals surface area contributed by atoms with Gasteiger partial charge in [-0.1, -0.05) is 44.2 Å². The Labute approximate surface area is 147 Å². The number of benzene rings is 1. The molecule has 2 rings (SSSR count). The number of nitrogens with one attached hydrogen (secondary N) is 1. The standard InChI is InChI=1S/C19H25N3O3/c1-14(2)12-22-13-16(11-20-22)19(25)21-17(8-9-18(23)24)10-15-6-4-3-5-7-15/h3-7,11,13-14,17H,8-10,12H2,1-2H3,(H,21,25)(H,23,24). The molecule has 0 saturated heterocycles. The van der Waals surface area contributed by atoms with Crippen LogP contribution >= 0.6 is 0 Å². The van der Waals surface area contributed by atoms with E-state index in [1.165, 1.54) is 0 Å². The van der Waals surface area contributed by atoms with Crippen LogP contribution in [0.15, 0.2) is 42.7 Å². The number of aromatic nitrogens is 2. The number of aliphatic carboxylic acids is 1. The van der Waals surface area contributed by atoms with Gasteiger partial charge in [0.1, 0.15) is 0 Å². The summed E-state index contributed by atoms with van der Waals surface area (Å²) >= 11 is 0. The first-order valence-corrected chi connectivity index (χ1v) is 8.53.